The van der Waals surface area contributed by atoms with Gasteiger partial charge in [-0.15, -0.1) is 11.3 Å². The summed E-state index contributed by atoms with van der Waals surface area (Å²) in [6.45, 7) is 3.80. The van der Waals surface area contributed by atoms with Crippen molar-refractivity contribution >= 4 is 34.1 Å². The van der Waals surface area contributed by atoms with Crippen molar-refractivity contribution in [2.45, 2.75) is 26.3 Å². The Morgan fingerprint density at radius 2 is 2.10 bits per heavy atom. The molecule has 3 amide bonds. The molecule has 0 atom stereocenters. The molecule has 2 aromatic rings. The first-order chi connectivity index (χ1) is 14.9. The van der Waals surface area contributed by atoms with Gasteiger partial charge in [-0.25, -0.2) is 0 Å². The van der Waals surface area contributed by atoms with E-state index >= 15 is 0 Å². The van der Waals surface area contributed by atoms with Crippen molar-refractivity contribution in [1.29, 1.82) is 0 Å². The standard InChI is InChI=1S/C22H26N4O4S/c1-14-4-6-23-15(10-14)11-18(27)25-7-5-16-17(12-25)31-22-20(16)21(29)24(2)13-19(28)26(22)8-9-30-3/h4,6,10H,5,7-9,11-13H2,1-3H3. The molecule has 4 heterocycles. The second-order valence-electron chi connectivity index (χ2n) is 7.95. The van der Waals surface area contributed by atoms with Gasteiger partial charge in [0, 0.05) is 37.5 Å². The van der Waals surface area contributed by atoms with Crippen LogP contribution in [0, 0.1) is 6.92 Å². The monoisotopic (exact) mass is 442 g/mol. The highest BCUT2D eigenvalue weighted by atomic mass is 32.1. The number of aryl methyl sites for hydroxylation is 1. The number of hydrogen-bond acceptors (Lipinski definition) is 6. The molecule has 0 bridgehead atoms. The predicted molar refractivity (Wildman–Crippen MR) is 117 cm³/mol. The van der Waals surface area contributed by atoms with Gasteiger partial charge in [0.05, 0.1) is 31.7 Å². The molecule has 0 spiro atoms. The predicted octanol–water partition coefficient (Wildman–Crippen LogP) is 1.64. The third-order valence-electron chi connectivity index (χ3n) is 5.69. The third kappa shape index (κ3) is 4.20. The van der Waals surface area contributed by atoms with Crippen LogP contribution in [0.2, 0.25) is 0 Å². The first kappa shape index (κ1) is 21.5. The van der Waals surface area contributed by atoms with Crippen LogP contribution in [-0.2, 0) is 33.7 Å². The average molecular weight is 443 g/mol. The van der Waals surface area contributed by atoms with Crippen molar-refractivity contribution in [2.24, 2.45) is 0 Å². The smallest absolute Gasteiger partial charge is 0.257 e. The second-order valence-corrected chi connectivity index (χ2v) is 9.03. The molecule has 0 aliphatic carbocycles. The number of ether oxygens (including phenoxy) is 1. The summed E-state index contributed by atoms with van der Waals surface area (Å²) in [5.74, 6) is -0.240. The van der Waals surface area contributed by atoms with E-state index in [4.69, 9.17) is 4.74 Å². The number of likely N-dealkylation sites (N-methyl/N-ethyl adjacent to an activating group) is 1. The van der Waals surface area contributed by atoms with E-state index in [1.165, 1.54) is 16.2 Å². The van der Waals surface area contributed by atoms with Crippen LogP contribution < -0.4 is 4.90 Å². The van der Waals surface area contributed by atoms with Gasteiger partial charge in [-0.05, 0) is 36.6 Å². The van der Waals surface area contributed by atoms with Crippen molar-refractivity contribution in [3.8, 4) is 0 Å². The zero-order chi connectivity index (χ0) is 22.1. The molecule has 164 valence electrons. The number of methoxy groups -OCH3 is 1. The summed E-state index contributed by atoms with van der Waals surface area (Å²) in [5, 5.41) is 0.677. The zero-order valence-corrected chi connectivity index (χ0v) is 18.8. The normalized spacial score (nSPS) is 16.3. The van der Waals surface area contributed by atoms with Gasteiger partial charge in [0.15, 0.2) is 0 Å². The van der Waals surface area contributed by atoms with Gasteiger partial charge in [0.25, 0.3) is 5.91 Å². The maximum atomic E-state index is 13.1. The lowest BCUT2D eigenvalue weighted by Gasteiger charge is -2.27. The van der Waals surface area contributed by atoms with E-state index in [0.717, 1.165) is 21.7 Å². The number of carbonyl (C=O) groups excluding carboxylic acids is 3. The van der Waals surface area contributed by atoms with Crippen LogP contribution in [0.4, 0.5) is 5.00 Å². The SMILES string of the molecule is COCCN1C(=O)CN(C)C(=O)c2c1sc1c2CCN(C(=O)Cc2cc(C)ccn2)C1. The van der Waals surface area contributed by atoms with Crippen molar-refractivity contribution in [1.82, 2.24) is 14.8 Å². The Hall–Kier alpha value is -2.78. The summed E-state index contributed by atoms with van der Waals surface area (Å²) in [6.07, 6.45) is 2.57. The number of amides is 3. The molecule has 0 fully saturated rings. The minimum atomic E-state index is -0.135. The highest BCUT2D eigenvalue weighted by Gasteiger charge is 2.37. The number of nitrogens with zero attached hydrogens (tertiary/aromatic N) is 4. The van der Waals surface area contributed by atoms with Crippen LogP contribution in [0.5, 0.6) is 0 Å². The number of rotatable bonds is 5. The highest BCUT2D eigenvalue weighted by Crippen LogP contribution is 2.41. The van der Waals surface area contributed by atoms with Gasteiger partial charge in [-0.3, -0.25) is 24.3 Å². The lowest BCUT2D eigenvalue weighted by molar-refractivity contribution is -0.131. The van der Waals surface area contributed by atoms with Crippen LogP contribution in [0.1, 0.15) is 32.1 Å². The zero-order valence-electron chi connectivity index (χ0n) is 18.0. The summed E-state index contributed by atoms with van der Waals surface area (Å²) in [7, 11) is 3.24. The van der Waals surface area contributed by atoms with E-state index < -0.39 is 0 Å². The summed E-state index contributed by atoms with van der Waals surface area (Å²) in [5.41, 5.74) is 3.40. The van der Waals surface area contributed by atoms with E-state index in [-0.39, 0.29) is 30.7 Å². The number of pyridine rings is 1. The van der Waals surface area contributed by atoms with E-state index in [0.29, 0.717) is 43.2 Å². The molecule has 31 heavy (non-hydrogen) atoms. The van der Waals surface area contributed by atoms with E-state index in [1.54, 1.807) is 25.3 Å². The molecular formula is C22H26N4O4S. The van der Waals surface area contributed by atoms with Crippen molar-refractivity contribution in [3.05, 3.63) is 45.6 Å². The summed E-state index contributed by atoms with van der Waals surface area (Å²) < 4.78 is 5.17. The molecular weight excluding hydrogens is 416 g/mol. The lowest BCUT2D eigenvalue weighted by Crippen LogP contribution is -2.39. The molecule has 0 unspecified atom stereocenters. The molecule has 9 heteroatoms. The molecule has 0 saturated carbocycles. The van der Waals surface area contributed by atoms with Crippen LogP contribution in [0.15, 0.2) is 18.3 Å². The topological polar surface area (TPSA) is 83.0 Å². The number of thiophene rings is 1. The van der Waals surface area contributed by atoms with Crippen LogP contribution >= 0.6 is 11.3 Å². The van der Waals surface area contributed by atoms with Crippen molar-refractivity contribution in [3.63, 3.8) is 0 Å². The number of aromatic nitrogens is 1. The number of fused-ring (bicyclic) bond motifs is 3. The Kier molecular flexibility index (Phi) is 6.06. The van der Waals surface area contributed by atoms with Gasteiger partial charge in [-0.1, -0.05) is 0 Å². The average Bonchev–Trinajstić information content (AvgIpc) is 3.07. The summed E-state index contributed by atoms with van der Waals surface area (Å²) in [6, 6.07) is 3.83. The van der Waals surface area contributed by atoms with Gasteiger partial charge in [-0.2, -0.15) is 0 Å². The van der Waals surface area contributed by atoms with E-state index in [2.05, 4.69) is 4.98 Å². The van der Waals surface area contributed by atoms with Crippen molar-refractivity contribution < 1.29 is 19.1 Å². The summed E-state index contributed by atoms with van der Waals surface area (Å²) in [4.78, 5) is 48.9. The quantitative estimate of drug-likeness (QED) is 0.703. The minimum absolute atomic E-state index is 0.0168. The molecule has 0 N–H and O–H groups in total. The first-order valence-corrected chi connectivity index (χ1v) is 11.1. The first-order valence-electron chi connectivity index (χ1n) is 10.3. The maximum absolute atomic E-state index is 13.1. The van der Waals surface area contributed by atoms with Gasteiger partial charge in [0.1, 0.15) is 11.5 Å². The van der Waals surface area contributed by atoms with Crippen LogP contribution in [0.25, 0.3) is 0 Å². The van der Waals surface area contributed by atoms with E-state index in [1.807, 2.05) is 24.0 Å². The molecule has 2 aromatic heterocycles. The lowest BCUT2D eigenvalue weighted by atomic mass is 10.0. The Labute approximate surface area is 185 Å². The van der Waals surface area contributed by atoms with Gasteiger partial charge < -0.3 is 14.5 Å². The van der Waals surface area contributed by atoms with Crippen molar-refractivity contribution in [2.75, 3.05) is 45.3 Å². The Balaban J connectivity index is 1.61. The Morgan fingerprint density at radius 1 is 1.29 bits per heavy atom. The fourth-order valence-electron chi connectivity index (χ4n) is 4.05. The molecule has 4 rings (SSSR count). The fourth-order valence-corrected chi connectivity index (χ4v) is 5.44. The Morgan fingerprint density at radius 3 is 2.84 bits per heavy atom. The maximum Gasteiger partial charge on any atom is 0.257 e. The Bertz CT molecular complexity index is 1030. The molecule has 2 aliphatic rings. The van der Waals surface area contributed by atoms with Crippen LogP contribution in [0.3, 0.4) is 0 Å². The molecule has 8 nitrogen and oxygen atoms in total. The van der Waals surface area contributed by atoms with Gasteiger partial charge >= 0.3 is 0 Å². The molecule has 0 aromatic carbocycles. The van der Waals surface area contributed by atoms with Gasteiger partial charge in [0.2, 0.25) is 11.8 Å². The second kappa shape index (κ2) is 8.76. The fraction of sp³-hybridized carbons (Fsp3) is 0.455. The third-order valence-corrected chi connectivity index (χ3v) is 6.93. The number of anilines is 1. The molecule has 0 saturated heterocycles. The largest absolute Gasteiger partial charge is 0.383 e. The molecule has 2 aliphatic heterocycles. The molecule has 0 radical (unpaired) electrons. The number of carbonyl (C=O) groups is 3. The number of hydrogen-bond donors (Lipinski definition) is 0. The minimum Gasteiger partial charge on any atom is -0.383 e. The summed E-state index contributed by atoms with van der Waals surface area (Å²) >= 11 is 1.44. The van der Waals surface area contributed by atoms with E-state index in [9.17, 15) is 14.4 Å². The van der Waals surface area contributed by atoms with Crippen LogP contribution in [-0.4, -0.2) is 72.9 Å². The highest BCUT2D eigenvalue weighted by molar-refractivity contribution is 7.17.